The first kappa shape index (κ1) is 29.2. The van der Waals surface area contributed by atoms with Gasteiger partial charge >= 0.3 is 12.1 Å². The molecule has 1 aromatic heterocycles. The Hall–Kier alpha value is -4.35. The highest BCUT2D eigenvalue weighted by Gasteiger charge is 2.41. The lowest BCUT2D eigenvalue weighted by Crippen LogP contribution is -3.12. The molecular weight excluding hydrogens is 555 g/mol. The Morgan fingerprint density at radius 3 is 2.29 bits per heavy atom. The second kappa shape index (κ2) is 11.9. The Balaban J connectivity index is 1.64. The SMILES string of the molecule is COc1ccc(C(=O)Oc2ccc3c(=O)c(Oc4ccc(C)c(C)c4)c(C(F)(F)F)oc3c2C[NH+]2CCOCC2)cc1. The Morgan fingerprint density at radius 1 is 0.952 bits per heavy atom. The molecule has 1 N–H and O–H groups in total. The molecule has 8 nitrogen and oxygen atoms in total. The largest absolute Gasteiger partial charge is 0.497 e. The van der Waals surface area contributed by atoms with E-state index in [0.29, 0.717) is 32.1 Å². The van der Waals surface area contributed by atoms with Gasteiger partial charge in [-0.2, -0.15) is 13.2 Å². The maximum absolute atomic E-state index is 14.4. The molecule has 5 rings (SSSR count). The summed E-state index contributed by atoms with van der Waals surface area (Å²) in [4.78, 5) is 27.6. The number of methoxy groups -OCH3 is 1. The molecule has 0 saturated carbocycles. The van der Waals surface area contributed by atoms with Crippen molar-refractivity contribution in [2.45, 2.75) is 26.6 Å². The van der Waals surface area contributed by atoms with Gasteiger partial charge in [0, 0.05) is 0 Å². The fraction of sp³-hybridized carbons (Fsp3) is 0.290. The second-order valence-electron chi connectivity index (χ2n) is 10.0. The summed E-state index contributed by atoms with van der Waals surface area (Å²) in [6, 6.07) is 13.6. The van der Waals surface area contributed by atoms with Crippen LogP contribution in [0.1, 0.15) is 32.8 Å². The number of rotatable bonds is 7. The number of esters is 1. The van der Waals surface area contributed by atoms with E-state index in [4.69, 9.17) is 23.4 Å². The fourth-order valence-corrected chi connectivity index (χ4v) is 4.69. The van der Waals surface area contributed by atoms with E-state index in [1.54, 1.807) is 31.2 Å². The molecular formula is C31H29F3NO7+. The molecule has 11 heteroatoms. The van der Waals surface area contributed by atoms with E-state index in [2.05, 4.69) is 0 Å². The predicted molar refractivity (Wildman–Crippen MR) is 147 cm³/mol. The highest BCUT2D eigenvalue weighted by Crippen LogP contribution is 2.40. The smallest absolute Gasteiger partial charge is 0.453 e. The molecule has 1 saturated heterocycles. The number of carbonyl (C=O) groups is 1. The highest BCUT2D eigenvalue weighted by molar-refractivity contribution is 5.92. The minimum Gasteiger partial charge on any atom is -0.497 e. The Labute approximate surface area is 239 Å². The molecule has 220 valence electrons. The van der Waals surface area contributed by atoms with Gasteiger partial charge in [-0.15, -0.1) is 0 Å². The van der Waals surface area contributed by atoms with Gasteiger partial charge in [0.05, 0.1) is 36.8 Å². The third-order valence-corrected chi connectivity index (χ3v) is 7.19. The fourth-order valence-electron chi connectivity index (χ4n) is 4.69. The first-order valence-corrected chi connectivity index (χ1v) is 13.3. The summed E-state index contributed by atoms with van der Waals surface area (Å²) in [5.74, 6) is -2.68. The zero-order chi connectivity index (χ0) is 30.0. The molecule has 0 amide bonds. The Morgan fingerprint density at radius 2 is 1.64 bits per heavy atom. The number of ether oxygens (including phenoxy) is 4. The third-order valence-electron chi connectivity index (χ3n) is 7.19. The van der Waals surface area contributed by atoms with E-state index in [0.717, 1.165) is 16.0 Å². The highest BCUT2D eigenvalue weighted by atomic mass is 19.4. The summed E-state index contributed by atoms with van der Waals surface area (Å²) in [7, 11) is 1.49. The van der Waals surface area contributed by atoms with Crippen molar-refractivity contribution in [3.8, 4) is 23.0 Å². The Kier molecular flexibility index (Phi) is 8.24. The molecule has 0 aliphatic carbocycles. The molecule has 1 fully saturated rings. The van der Waals surface area contributed by atoms with Crippen LogP contribution in [0.3, 0.4) is 0 Å². The summed E-state index contributed by atoms with van der Waals surface area (Å²) in [6.07, 6.45) is -5.05. The van der Waals surface area contributed by atoms with Crippen molar-refractivity contribution in [2.24, 2.45) is 0 Å². The number of nitrogens with one attached hydrogen (secondary N) is 1. The van der Waals surface area contributed by atoms with E-state index in [1.807, 2.05) is 6.92 Å². The average Bonchev–Trinajstić information content (AvgIpc) is 2.97. The third kappa shape index (κ3) is 6.12. The van der Waals surface area contributed by atoms with Crippen LogP contribution in [0.2, 0.25) is 0 Å². The van der Waals surface area contributed by atoms with Crippen LogP contribution < -0.4 is 24.5 Å². The topological polar surface area (TPSA) is 88.6 Å². The lowest BCUT2D eigenvalue weighted by Gasteiger charge is -2.25. The van der Waals surface area contributed by atoms with Gasteiger partial charge in [0.1, 0.15) is 36.9 Å². The number of hydrogen-bond acceptors (Lipinski definition) is 7. The summed E-state index contributed by atoms with van der Waals surface area (Å²) in [5.41, 5.74) is 0.745. The van der Waals surface area contributed by atoms with Crippen molar-refractivity contribution < 1.29 is 46.2 Å². The van der Waals surface area contributed by atoms with Gasteiger partial charge in [0.25, 0.3) is 5.76 Å². The minimum absolute atomic E-state index is 0.0126. The van der Waals surface area contributed by atoms with E-state index in [9.17, 15) is 22.8 Å². The molecule has 0 radical (unpaired) electrons. The van der Waals surface area contributed by atoms with Crippen molar-refractivity contribution in [1.82, 2.24) is 0 Å². The molecule has 2 heterocycles. The number of aryl methyl sites for hydroxylation is 2. The molecule has 1 aliphatic heterocycles. The van der Waals surface area contributed by atoms with Crippen LogP contribution >= 0.6 is 0 Å². The lowest BCUT2D eigenvalue weighted by atomic mass is 10.1. The lowest BCUT2D eigenvalue weighted by molar-refractivity contribution is -0.921. The van der Waals surface area contributed by atoms with Gasteiger partial charge in [0.15, 0.2) is 5.58 Å². The number of benzene rings is 3. The minimum atomic E-state index is -5.05. The summed E-state index contributed by atoms with van der Waals surface area (Å²) < 4.78 is 70.3. The first-order valence-electron chi connectivity index (χ1n) is 13.3. The van der Waals surface area contributed by atoms with Crippen molar-refractivity contribution in [1.29, 1.82) is 0 Å². The van der Waals surface area contributed by atoms with Crippen LogP contribution in [0.5, 0.6) is 23.0 Å². The normalized spacial score (nSPS) is 14.1. The van der Waals surface area contributed by atoms with Gasteiger partial charge in [-0.1, -0.05) is 6.07 Å². The van der Waals surface area contributed by atoms with Gasteiger partial charge in [-0.05, 0) is 73.5 Å². The predicted octanol–water partition coefficient (Wildman–Crippen LogP) is 4.86. The molecule has 42 heavy (non-hydrogen) atoms. The monoisotopic (exact) mass is 584 g/mol. The van der Waals surface area contributed by atoms with E-state index in [-0.39, 0.29) is 40.1 Å². The van der Waals surface area contributed by atoms with Crippen molar-refractivity contribution in [3.05, 3.63) is 92.8 Å². The van der Waals surface area contributed by atoms with Crippen molar-refractivity contribution >= 4 is 16.9 Å². The average molecular weight is 585 g/mol. The van der Waals surface area contributed by atoms with Crippen LogP contribution in [0.15, 0.2) is 63.8 Å². The van der Waals surface area contributed by atoms with Crippen molar-refractivity contribution in [3.63, 3.8) is 0 Å². The molecule has 0 unspecified atom stereocenters. The standard InChI is InChI=1S/C31H28F3NO7/c1-18-4-7-22(16-19(18)2)40-28-26(36)23-10-11-25(41-30(37)20-5-8-21(38-3)9-6-20)24(17-35-12-14-39-15-13-35)27(23)42-29(28)31(32,33)34/h4-11,16H,12-15,17H2,1-3H3/p+1. The molecule has 4 aromatic rings. The number of quaternary nitrogens is 1. The number of hydrogen-bond donors (Lipinski definition) is 1. The van der Waals surface area contributed by atoms with Gasteiger partial charge < -0.3 is 28.3 Å². The summed E-state index contributed by atoms with van der Waals surface area (Å²) in [5, 5.41) is -0.131. The van der Waals surface area contributed by atoms with Crippen molar-refractivity contribution in [2.75, 3.05) is 33.4 Å². The van der Waals surface area contributed by atoms with Gasteiger partial charge in [-0.25, -0.2) is 4.79 Å². The molecule has 0 spiro atoms. The van der Waals surface area contributed by atoms with Crippen LogP contribution in [0, 0.1) is 13.8 Å². The molecule has 3 aromatic carbocycles. The maximum Gasteiger partial charge on any atom is 0.453 e. The molecule has 0 bridgehead atoms. The van der Waals surface area contributed by atoms with Crippen LogP contribution in [0.4, 0.5) is 13.2 Å². The number of carbonyl (C=O) groups excluding carboxylic acids is 1. The van der Waals surface area contributed by atoms with Gasteiger partial charge in [-0.3, -0.25) is 4.79 Å². The number of morpholine rings is 1. The first-order chi connectivity index (χ1) is 20.0. The van der Waals surface area contributed by atoms with Gasteiger partial charge in [0.2, 0.25) is 11.2 Å². The van der Waals surface area contributed by atoms with Crippen LogP contribution in [-0.2, 0) is 17.5 Å². The molecule has 1 aliphatic rings. The second-order valence-corrected chi connectivity index (χ2v) is 10.0. The summed E-state index contributed by atoms with van der Waals surface area (Å²) in [6.45, 7) is 5.79. The van der Waals surface area contributed by atoms with E-state index < -0.39 is 29.1 Å². The zero-order valence-electron chi connectivity index (χ0n) is 23.2. The van der Waals surface area contributed by atoms with E-state index in [1.165, 1.54) is 37.4 Å². The Bertz CT molecular complexity index is 1670. The van der Waals surface area contributed by atoms with E-state index >= 15 is 0 Å². The number of fused-ring (bicyclic) bond motifs is 1. The number of halogens is 3. The van der Waals surface area contributed by atoms with Crippen LogP contribution in [-0.4, -0.2) is 39.4 Å². The zero-order valence-corrected chi connectivity index (χ0v) is 23.2. The maximum atomic E-state index is 14.4. The number of alkyl halides is 3. The quantitative estimate of drug-likeness (QED) is 0.245. The molecule has 0 atom stereocenters. The van der Waals surface area contributed by atoms with Crippen LogP contribution in [0.25, 0.3) is 11.0 Å². The summed E-state index contributed by atoms with van der Waals surface area (Å²) >= 11 is 0.